The summed E-state index contributed by atoms with van der Waals surface area (Å²) in [7, 11) is 1.75. The molecular formula is C18H24F3N3O2. The van der Waals surface area contributed by atoms with Crippen LogP contribution < -0.4 is 5.73 Å². The predicted molar refractivity (Wildman–Crippen MR) is 89.0 cm³/mol. The Morgan fingerprint density at radius 3 is 2.69 bits per heavy atom. The van der Waals surface area contributed by atoms with Gasteiger partial charge in [0.05, 0.1) is 6.04 Å². The molecule has 2 aliphatic carbocycles. The lowest BCUT2D eigenvalue weighted by Gasteiger charge is -2.41. The summed E-state index contributed by atoms with van der Waals surface area (Å²) in [5.41, 5.74) is 6.33. The number of hydrogen-bond acceptors (Lipinski definition) is 4. The number of likely N-dealkylation sites (tertiary alicyclic amines) is 1. The minimum Gasteiger partial charge on any atom is -0.442 e. The largest absolute Gasteiger partial charge is 0.442 e. The molecule has 2 saturated heterocycles. The highest BCUT2D eigenvalue weighted by Gasteiger charge is 2.48. The second-order valence-corrected chi connectivity index (χ2v) is 7.94. The van der Waals surface area contributed by atoms with Gasteiger partial charge in [0.2, 0.25) is 0 Å². The molecule has 26 heavy (non-hydrogen) atoms. The quantitative estimate of drug-likeness (QED) is 0.811. The number of fused-ring (bicyclic) bond motifs is 1. The van der Waals surface area contributed by atoms with Crippen molar-refractivity contribution in [3.05, 3.63) is 23.6 Å². The van der Waals surface area contributed by atoms with Crippen molar-refractivity contribution < 1.29 is 22.7 Å². The maximum absolute atomic E-state index is 14.2. The van der Waals surface area contributed by atoms with E-state index in [4.69, 9.17) is 10.5 Å². The topological polar surface area (TPSA) is 58.8 Å². The van der Waals surface area contributed by atoms with Crippen LogP contribution in [0.2, 0.25) is 0 Å². The molecule has 0 radical (unpaired) electrons. The second-order valence-electron chi connectivity index (χ2n) is 7.94. The summed E-state index contributed by atoms with van der Waals surface area (Å²) < 4.78 is 46.4. The SMILES string of the molecule is CN1C(=O)O[C@@H]2CN([C@H]3CC[C@H](C4CC(F)=C(F)C=C4F)C(N)C3)C[C@@H]21. The number of nitrogens with zero attached hydrogens (tertiary/aromatic N) is 2. The Bertz CT molecular complexity index is 668. The Labute approximate surface area is 150 Å². The minimum atomic E-state index is -1.11. The van der Waals surface area contributed by atoms with Gasteiger partial charge in [-0.25, -0.2) is 18.0 Å². The van der Waals surface area contributed by atoms with Crippen LogP contribution in [0, 0.1) is 11.8 Å². The fourth-order valence-electron chi connectivity index (χ4n) is 5.01. The first-order chi connectivity index (χ1) is 12.3. The van der Waals surface area contributed by atoms with Crippen LogP contribution in [0.4, 0.5) is 18.0 Å². The monoisotopic (exact) mass is 371 g/mol. The zero-order valence-corrected chi connectivity index (χ0v) is 14.7. The number of carbonyl (C=O) groups is 1. The lowest BCUT2D eigenvalue weighted by Crippen LogP contribution is -2.49. The molecule has 5 nitrogen and oxygen atoms in total. The van der Waals surface area contributed by atoms with E-state index in [0.29, 0.717) is 25.5 Å². The first-order valence-corrected chi connectivity index (χ1v) is 9.19. The number of carbonyl (C=O) groups excluding carboxylic acids is 1. The summed E-state index contributed by atoms with van der Waals surface area (Å²) >= 11 is 0. The highest BCUT2D eigenvalue weighted by molar-refractivity contribution is 5.70. The van der Waals surface area contributed by atoms with Crippen LogP contribution in [0.3, 0.4) is 0 Å². The highest BCUT2D eigenvalue weighted by atomic mass is 19.2. The second kappa shape index (κ2) is 6.56. The van der Waals surface area contributed by atoms with E-state index in [1.54, 1.807) is 11.9 Å². The Balaban J connectivity index is 1.38. The number of amides is 1. The first kappa shape index (κ1) is 17.9. The van der Waals surface area contributed by atoms with Gasteiger partial charge >= 0.3 is 6.09 Å². The van der Waals surface area contributed by atoms with Crippen LogP contribution in [-0.2, 0) is 4.74 Å². The molecule has 2 aliphatic heterocycles. The average Bonchev–Trinajstić information content (AvgIpc) is 3.11. The molecule has 0 aromatic heterocycles. The maximum atomic E-state index is 14.2. The summed E-state index contributed by atoms with van der Waals surface area (Å²) in [5.74, 6) is -3.46. The molecule has 4 aliphatic rings. The number of halogens is 3. The number of allylic oxidation sites excluding steroid dienone is 4. The van der Waals surface area contributed by atoms with Crippen LogP contribution in [0.1, 0.15) is 25.7 Å². The smallest absolute Gasteiger partial charge is 0.410 e. The third-order valence-corrected chi connectivity index (χ3v) is 6.54. The van der Waals surface area contributed by atoms with E-state index < -0.39 is 23.4 Å². The number of likely N-dealkylation sites (N-methyl/N-ethyl adjacent to an activating group) is 1. The van der Waals surface area contributed by atoms with E-state index in [1.165, 1.54) is 0 Å². The lowest BCUT2D eigenvalue weighted by molar-refractivity contribution is 0.0868. The molecule has 0 aromatic carbocycles. The van der Waals surface area contributed by atoms with E-state index in [2.05, 4.69) is 4.90 Å². The fraction of sp³-hybridized carbons (Fsp3) is 0.722. The third kappa shape index (κ3) is 2.93. The van der Waals surface area contributed by atoms with Gasteiger partial charge in [-0.3, -0.25) is 4.90 Å². The Hall–Kier alpha value is -1.54. The molecule has 1 amide bonds. The molecule has 0 bridgehead atoms. The van der Waals surface area contributed by atoms with Crippen molar-refractivity contribution >= 4 is 6.09 Å². The van der Waals surface area contributed by atoms with Crippen LogP contribution in [0.15, 0.2) is 23.6 Å². The molecule has 0 aromatic rings. The summed E-state index contributed by atoms with van der Waals surface area (Å²) in [6.07, 6.45) is 2.21. The van der Waals surface area contributed by atoms with Crippen LogP contribution >= 0.6 is 0 Å². The van der Waals surface area contributed by atoms with Crippen molar-refractivity contribution in [2.24, 2.45) is 17.6 Å². The summed E-state index contributed by atoms with van der Waals surface area (Å²) in [4.78, 5) is 15.5. The van der Waals surface area contributed by atoms with Crippen LogP contribution in [-0.4, -0.2) is 60.3 Å². The summed E-state index contributed by atoms with van der Waals surface area (Å²) in [6.45, 7) is 1.43. The third-order valence-electron chi connectivity index (χ3n) is 6.54. The van der Waals surface area contributed by atoms with E-state index in [0.717, 1.165) is 13.0 Å². The van der Waals surface area contributed by atoms with Gasteiger partial charge in [0, 0.05) is 50.6 Å². The molecule has 1 saturated carbocycles. The predicted octanol–water partition coefficient (Wildman–Crippen LogP) is 2.64. The number of rotatable bonds is 2. The van der Waals surface area contributed by atoms with Gasteiger partial charge in [-0.15, -0.1) is 0 Å². The molecule has 0 spiro atoms. The van der Waals surface area contributed by atoms with Gasteiger partial charge < -0.3 is 15.4 Å². The van der Waals surface area contributed by atoms with Crippen molar-refractivity contribution in [1.29, 1.82) is 0 Å². The van der Waals surface area contributed by atoms with Gasteiger partial charge in [0.15, 0.2) is 5.83 Å². The number of hydrogen-bond donors (Lipinski definition) is 1. The van der Waals surface area contributed by atoms with Crippen LogP contribution in [0.5, 0.6) is 0 Å². The van der Waals surface area contributed by atoms with E-state index >= 15 is 0 Å². The van der Waals surface area contributed by atoms with Gasteiger partial charge in [-0.05, 0) is 25.2 Å². The Morgan fingerprint density at radius 1 is 1.23 bits per heavy atom. The van der Waals surface area contributed by atoms with Crippen molar-refractivity contribution in [3.8, 4) is 0 Å². The molecular weight excluding hydrogens is 347 g/mol. The standard InChI is InChI=1S/C18H24F3N3O2/c1-23-16-7-24(8-17(16)26-18(23)25)9-2-3-10(15(22)4-9)11-5-13(20)14(21)6-12(11)19/h6,9-11,15-17H,2-5,7-8,22H2,1H3/t9-,10+,11?,15?,16-,17+/m0/s1. The molecule has 2 heterocycles. The minimum absolute atomic E-state index is 0.0670. The van der Waals surface area contributed by atoms with Gasteiger partial charge in [0.25, 0.3) is 0 Å². The molecule has 6 atom stereocenters. The molecule has 2 N–H and O–H groups in total. The zero-order chi connectivity index (χ0) is 18.6. The zero-order valence-electron chi connectivity index (χ0n) is 14.7. The maximum Gasteiger partial charge on any atom is 0.410 e. The lowest BCUT2D eigenvalue weighted by atomic mass is 9.72. The Morgan fingerprint density at radius 2 is 2.00 bits per heavy atom. The number of ether oxygens (including phenoxy) is 1. The molecule has 4 rings (SSSR count). The fourth-order valence-corrected chi connectivity index (χ4v) is 5.01. The Kier molecular flexibility index (Phi) is 4.51. The van der Waals surface area contributed by atoms with Crippen molar-refractivity contribution in [1.82, 2.24) is 9.80 Å². The summed E-state index contributed by atoms with van der Waals surface area (Å²) in [6, 6.07) is 0.0386. The van der Waals surface area contributed by atoms with E-state index in [1.807, 2.05) is 0 Å². The highest BCUT2D eigenvalue weighted by Crippen LogP contribution is 2.43. The van der Waals surface area contributed by atoms with Gasteiger partial charge in [-0.2, -0.15) is 0 Å². The van der Waals surface area contributed by atoms with Crippen molar-refractivity contribution in [3.63, 3.8) is 0 Å². The van der Waals surface area contributed by atoms with Crippen molar-refractivity contribution in [2.45, 2.75) is 49.9 Å². The number of nitrogens with two attached hydrogens (primary N) is 1. The normalized spacial score (nSPS) is 41.3. The first-order valence-electron chi connectivity index (χ1n) is 9.19. The molecule has 144 valence electrons. The van der Waals surface area contributed by atoms with Crippen molar-refractivity contribution in [2.75, 3.05) is 20.1 Å². The van der Waals surface area contributed by atoms with E-state index in [9.17, 15) is 18.0 Å². The molecule has 8 heteroatoms. The average molecular weight is 371 g/mol. The molecule has 2 unspecified atom stereocenters. The molecule has 3 fully saturated rings. The van der Waals surface area contributed by atoms with E-state index in [-0.39, 0.29) is 42.7 Å². The van der Waals surface area contributed by atoms with Gasteiger partial charge in [0.1, 0.15) is 17.8 Å². The van der Waals surface area contributed by atoms with Crippen LogP contribution in [0.25, 0.3) is 0 Å². The van der Waals surface area contributed by atoms with Gasteiger partial charge in [-0.1, -0.05) is 0 Å². The summed E-state index contributed by atoms with van der Waals surface area (Å²) in [5, 5.41) is 0.